The van der Waals surface area contributed by atoms with Crippen LogP contribution in [0.2, 0.25) is 0 Å². The monoisotopic (exact) mass is 270 g/mol. The zero-order chi connectivity index (χ0) is 14.7. The largest absolute Gasteiger partial charge is 0.497 e. The number of ketones is 1. The van der Waals surface area contributed by atoms with Crippen molar-refractivity contribution in [2.45, 2.75) is 20.4 Å². The van der Waals surface area contributed by atoms with E-state index in [0.29, 0.717) is 10.9 Å². The van der Waals surface area contributed by atoms with Gasteiger partial charge in [0, 0.05) is 17.5 Å². The molecule has 1 aromatic heterocycles. The summed E-state index contributed by atoms with van der Waals surface area (Å²) in [5, 5.41) is 8.23. The summed E-state index contributed by atoms with van der Waals surface area (Å²) >= 11 is 0. The number of Topliss-reactive ketones (excluding diaryl/α,β-unsaturated/α-hetero) is 1. The fourth-order valence-corrected chi connectivity index (χ4v) is 2.01. The van der Waals surface area contributed by atoms with Crippen LogP contribution < -0.4 is 10.1 Å². The summed E-state index contributed by atoms with van der Waals surface area (Å²) in [6.45, 7) is 4.10. The topological polar surface area (TPSA) is 55.1 Å². The van der Waals surface area contributed by atoms with Gasteiger partial charge in [0.25, 0.3) is 0 Å². The first-order valence-electron chi connectivity index (χ1n) is 6.41. The maximum Gasteiger partial charge on any atom is 0.182 e. The highest BCUT2D eigenvalue weighted by Crippen LogP contribution is 2.13. The third kappa shape index (κ3) is 2.79. The Balaban J connectivity index is 2.23. The predicted octanol–water partition coefficient (Wildman–Crippen LogP) is 2.48. The van der Waals surface area contributed by atoms with E-state index in [9.17, 15) is 4.79 Å². The van der Waals surface area contributed by atoms with Gasteiger partial charge in [-0.2, -0.15) is 0 Å². The number of carbonyl (C=O) groups is 1. The van der Waals surface area contributed by atoms with Crippen molar-refractivity contribution in [1.29, 1.82) is 5.41 Å². The van der Waals surface area contributed by atoms with Gasteiger partial charge in [-0.25, -0.2) is 0 Å². The lowest BCUT2D eigenvalue weighted by atomic mass is 10.1. The number of hydrogen-bond acceptors (Lipinski definition) is 3. The second-order valence-electron chi connectivity index (χ2n) is 4.72. The number of ether oxygens (including phenoxy) is 1. The lowest BCUT2D eigenvalue weighted by Gasteiger charge is -2.12. The zero-order valence-electron chi connectivity index (χ0n) is 11.9. The maximum absolute atomic E-state index is 12.3. The molecule has 2 aromatic rings. The van der Waals surface area contributed by atoms with Crippen LogP contribution >= 0.6 is 0 Å². The molecule has 104 valence electrons. The number of rotatable bonds is 4. The van der Waals surface area contributed by atoms with E-state index in [1.54, 1.807) is 43.6 Å². The number of methoxy groups -OCH3 is 1. The standard InChI is InChI=1S/C16H18N2O2/c1-11-12(2)18(9-8-15(11)17)10-16(19)13-4-6-14(20-3)7-5-13/h4-9,17H,10H2,1-3H3. The van der Waals surface area contributed by atoms with Crippen LogP contribution in [0.3, 0.4) is 0 Å². The Hall–Kier alpha value is -2.36. The van der Waals surface area contributed by atoms with Crippen molar-refractivity contribution < 1.29 is 9.53 Å². The molecule has 0 radical (unpaired) electrons. The molecule has 1 N–H and O–H groups in total. The predicted molar refractivity (Wildman–Crippen MR) is 77.1 cm³/mol. The van der Waals surface area contributed by atoms with Crippen molar-refractivity contribution >= 4 is 5.78 Å². The lowest BCUT2D eigenvalue weighted by Crippen LogP contribution is -2.18. The number of nitrogens with one attached hydrogen (secondary N) is 1. The number of pyridine rings is 1. The second kappa shape index (κ2) is 5.74. The van der Waals surface area contributed by atoms with Gasteiger partial charge >= 0.3 is 0 Å². The SMILES string of the molecule is COc1ccc(C(=O)Cn2ccc(=N)c(C)c2C)cc1. The van der Waals surface area contributed by atoms with Crippen LogP contribution in [-0.4, -0.2) is 17.5 Å². The molecule has 1 aromatic carbocycles. The highest BCUT2D eigenvalue weighted by Gasteiger charge is 2.09. The molecule has 20 heavy (non-hydrogen) atoms. The third-order valence-corrected chi connectivity index (χ3v) is 3.52. The van der Waals surface area contributed by atoms with E-state index in [-0.39, 0.29) is 12.3 Å². The molecule has 0 fully saturated rings. The molecule has 0 saturated heterocycles. The molecule has 0 saturated carbocycles. The third-order valence-electron chi connectivity index (χ3n) is 3.52. The van der Waals surface area contributed by atoms with E-state index in [4.69, 9.17) is 10.1 Å². The minimum absolute atomic E-state index is 0.0397. The highest BCUT2D eigenvalue weighted by atomic mass is 16.5. The zero-order valence-corrected chi connectivity index (χ0v) is 11.9. The highest BCUT2D eigenvalue weighted by molar-refractivity contribution is 5.96. The van der Waals surface area contributed by atoms with E-state index >= 15 is 0 Å². The smallest absolute Gasteiger partial charge is 0.182 e. The van der Waals surface area contributed by atoms with E-state index in [2.05, 4.69) is 0 Å². The molecular weight excluding hydrogens is 252 g/mol. The molecule has 4 nitrogen and oxygen atoms in total. The molecule has 0 amide bonds. The van der Waals surface area contributed by atoms with Crippen LogP contribution in [0.25, 0.3) is 0 Å². The van der Waals surface area contributed by atoms with Crippen molar-refractivity contribution in [3.05, 3.63) is 58.7 Å². The fraction of sp³-hybridized carbons (Fsp3) is 0.250. The quantitative estimate of drug-likeness (QED) is 0.868. The summed E-state index contributed by atoms with van der Waals surface area (Å²) in [6.07, 6.45) is 1.78. The van der Waals surface area contributed by atoms with Crippen LogP contribution in [0, 0.1) is 19.3 Å². The number of hydrogen-bond donors (Lipinski definition) is 1. The van der Waals surface area contributed by atoms with E-state index in [1.165, 1.54) is 0 Å². The fourth-order valence-electron chi connectivity index (χ4n) is 2.01. The van der Waals surface area contributed by atoms with Crippen LogP contribution in [-0.2, 0) is 6.54 Å². The van der Waals surface area contributed by atoms with Crippen molar-refractivity contribution in [1.82, 2.24) is 4.57 Å². The average molecular weight is 270 g/mol. The van der Waals surface area contributed by atoms with Crippen molar-refractivity contribution in [3.63, 3.8) is 0 Å². The Kier molecular flexibility index (Phi) is 4.03. The summed E-state index contributed by atoms with van der Waals surface area (Å²) in [6, 6.07) is 8.81. The molecule has 0 bridgehead atoms. The second-order valence-corrected chi connectivity index (χ2v) is 4.72. The lowest BCUT2D eigenvalue weighted by molar-refractivity contribution is 0.0971. The number of nitrogens with zero attached hydrogens (tertiary/aromatic N) is 1. The van der Waals surface area contributed by atoms with E-state index < -0.39 is 0 Å². The molecule has 0 spiro atoms. The van der Waals surface area contributed by atoms with Gasteiger partial charge in [-0.05, 0) is 49.7 Å². The molecular formula is C16H18N2O2. The maximum atomic E-state index is 12.3. The average Bonchev–Trinajstić information content (AvgIpc) is 2.48. The van der Waals surface area contributed by atoms with Crippen LogP contribution in [0.4, 0.5) is 0 Å². The molecule has 1 heterocycles. The molecule has 0 aliphatic rings. The van der Waals surface area contributed by atoms with Crippen LogP contribution in [0.5, 0.6) is 5.75 Å². The van der Waals surface area contributed by atoms with E-state index in [0.717, 1.165) is 17.0 Å². The van der Waals surface area contributed by atoms with Gasteiger partial charge in [-0.1, -0.05) is 0 Å². The Morgan fingerprint density at radius 1 is 1.20 bits per heavy atom. The molecule has 0 aliphatic carbocycles. The Morgan fingerprint density at radius 3 is 2.45 bits per heavy atom. The van der Waals surface area contributed by atoms with Gasteiger partial charge in [-0.15, -0.1) is 0 Å². The summed E-state index contributed by atoms with van der Waals surface area (Å²) in [5.74, 6) is 0.776. The summed E-state index contributed by atoms with van der Waals surface area (Å²) in [4.78, 5) is 12.3. The van der Waals surface area contributed by atoms with Gasteiger partial charge < -0.3 is 14.7 Å². The summed E-state index contributed by atoms with van der Waals surface area (Å²) in [7, 11) is 1.60. The first-order valence-corrected chi connectivity index (χ1v) is 6.41. The normalized spacial score (nSPS) is 10.3. The van der Waals surface area contributed by atoms with Crippen molar-refractivity contribution in [2.24, 2.45) is 0 Å². The number of benzene rings is 1. The van der Waals surface area contributed by atoms with Gasteiger partial charge in [0.05, 0.1) is 19.0 Å². The molecule has 2 rings (SSSR count). The Bertz CT molecular complexity index is 685. The molecule has 0 aliphatic heterocycles. The van der Waals surface area contributed by atoms with Crippen LogP contribution in [0.1, 0.15) is 21.6 Å². The molecule has 0 unspecified atom stereocenters. The van der Waals surface area contributed by atoms with Gasteiger partial charge in [-0.3, -0.25) is 4.79 Å². The first kappa shape index (κ1) is 14.1. The summed E-state index contributed by atoms with van der Waals surface area (Å²) in [5.41, 5.74) is 2.50. The van der Waals surface area contributed by atoms with Gasteiger partial charge in [0.2, 0.25) is 0 Å². The van der Waals surface area contributed by atoms with Gasteiger partial charge in [0.15, 0.2) is 5.78 Å². The van der Waals surface area contributed by atoms with Gasteiger partial charge in [0.1, 0.15) is 5.75 Å². The van der Waals surface area contributed by atoms with Crippen molar-refractivity contribution in [2.75, 3.05) is 7.11 Å². The number of aromatic nitrogens is 1. The minimum atomic E-state index is 0.0397. The number of carbonyl (C=O) groups excluding carboxylic acids is 1. The van der Waals surface area contributed by atoms with Crippen molar-refractivity contribution in [3.8, 4) is 5.75 Å². The Morgan fingerprint density at radius 2 is 1.85 bits per heavy atom. The van der Waals surface area contributed by atoms with E-state index in [1.807, 2.05) is 18.4 Å². The Labute approximate surface area is 118 Å². The van der Waals surface area contributed by atoms with Crippen LogP contribution in [0.15, 0.2) is 36.5 Å². The molecule has 4 heteroatoms. The first-order chi connectivity index (χ1) is 9.52. The molecule has 0 atom stereocenters. The minimum Gasteiger partial charge on any atom is -0.497 e. The summed E-state index contributed by atoms with van der Waals surface area (Å²) < 4.78 is 6.95.